The fraction of sp³-hybridized carbons (Fsp3) is 0.429. The molecule has 26 heavy (non-hydrogen) atoms. The second kappa shape index (κ2) is 10.3. The predicted molar refractivity (Wildman–Crippen MR) is 113 cm³/mol. The van der Waals surface area contributed by atoms with Gasteiger partial charge in [0.25, 0.3) is 0 Å². The number of ether oxygens (including phenoxy) is 3. The van der Waals surface area contributed by atoms with Crippen molar-refractivity contribution in [3.8, 4) is 11.5 Å². The largest absolute Gasteiger partial charge is 0.488 e. The van der Waals surface area contributed by atoms with E-state index in [4.69, 9.17) is 14.2 Å². The van der Waals surface area contributed by atoms with E-state index in [9.17, 15) is 0 Å². The van der Waals surface area contributed by atoms with Gasteiger partial charge in [-0.05, 0) is 82.1 Å². The lowest BCUT2D eigenvalue weighted by Crippen LogP contribution is -2.24. The van der Waals surface area contributed by atoms with Gasteiger partial charge in [0, 0.05) is 15.4 Å². The van der Waals surface area contributed by atoms with E-state index in [1.165, 1.54) is 6.42 Å². The van der Waals surface area contributed by atoms with Crippen molar-refractivity contribution in [2.75, 3.05) is 6.61 Å². The molecule has 0 saturated carbocycles. The van der Waals surface area contributed by atoms with Gasteiger partial charge in [-0.2, -0.15) is 0 Å². The summed E-state index contributed by atoms with van der Waals surface area (Å²) in [7, 11) is 0. The quantitative estimate of drug-likeness (QED) is 0.469. The van der Waals surface area contributed by atoms with E-state index in [1.54, 1.807) is 0 Å². The summed E-state index contributed by atoms with van der Waals surface area (Å²) in [4.78, 5) is 0. The highest BCUT2D eigenvalue weighted by Crippen LogP contribution is 2.21. The third kappa shape index (κ3) is 8.56. The van der Waals surface area contributed by atoms with Crippen molar-refractivity contribution < 1.29 is 14.2 Å². The number of rotatable bonds is 3. The lowest BCUT2D eigenvalue weighted by Gasteiger charge is -2.23. The van der Waals surface area contributed by atoms with Crippen LogP contribution < -0.4 is 9.47 Å². The summed E-state index contributed by atoms with van der Waals surface area (Å²) in [6, 6.07) is 15.7. The molecule has 1 atom stereocenters. The molecule has 142 valence electrons. The van der Waals surface area contributed by atoms with Crippen LogP contribution in [0.3, 0.4) is 0 Å². The molecule has 3 nitrogen and oxygen atoms in total. The van der Waals surface area contributed by atoms with Gasteiger partial charge in [0.1, 0.15) is 17.1 Å². The number of halogens is 2. The molecule has 0 radical (unpaired) electrons. The third-order valence-electron chi connectivity index (χ3n) is 3.46. The Morgan fingerprint density at radius 1 is 0.846 bits per heavy atom. The van der Waals surface area contributed by atoms with Gasteiger partial charge in [-0.3, -0.25) is 0 Å². The van der Waals surface area contributed by atoms with Crippen LogP contribution in [0, 0.1) is 0 Å². The molecule has 3 rings (SSSR count). The molecule has 2 aromatic carbocycles. The van der Waals surface area contributed by atoms with Crippen LogP contribution in [0.2, 0.25) is 0 Å². The smallest absolute Gasteiger partial charge is 0.199 e. The van der Waals surface area contributed by atoms with E-state index in [1.807, 2.05) is 69.3 Å². The highest BCUT2D eigenvalue weighted by atomic mass is 79.9. The molecule has 1 fully saturated rings. The van der Waals surface area contributed by atoms with Gasteiger partial charge in [-0.1, -0.05) is 31.9 Å². The molecule has 0 aromatic heterocycles. The van der Waals surface area contributed by atoms with Gasteiger partial charge < -0.3 is 14.2 Å². The molecule has 1 saturated heterocycles. The summed E-state index contributed by atoms with van der Waals surface area (Å²) in [5.41, 5.74) is -0.117. The summed E-state index contributed by atoms with van der Waals surface area (Å²) >= 11 is 6.75. The topological polar surface area (TPSA) is 27.7 Å². The predicted octanol–water partition coefficient (Wildman–Crippen LogP) is 6.98. The van der Waals surface area contributed by atoms with Gasteiger partial charge in [0.2, 0.25) is 0 Å². The molecule has 0 bridgehead atoms. The number of hydrogen-bond donors (Lipinski definition) is 0. The number of hydrogen-bond acceptors (Lipinski definition) is 3. The Morgan fingerprint density at radius 3 is 1.85 bits per heavy atom. The fourth-order valence-electron chi connectivity index (χ4n) is 2.33. The average molecular weight is 486 g/mol. The third-order valence-corrected chi connectivity index (χ3v) is 4.51. The van der Waals surface area contributed by atoms with Crippen LogP contribution in [0.1, 0.15) is 40.0 Å². The maximum atomic E-state index is 5.67. The zero-order chi connectivity index (χ0) is 19.0. The van der Waals surface area contributed by atoms with Crippen LogP contribution in [-0.4, -0.2) is 18.5 Å². The van der Waals surface area contributed by atoms with Crippen molar-refractivity contribution in [3.05, 3.63) is 57.5 Å². The van der Waals surface area contributed by atoms with Crippen molar-refractivity contribution in [3.63, 3.8) is 0 Å². The first kappa shape index (κ1) is 21.3. The van der Waals surface area contributed by atoms with Gasteiger partial charge in [-0.15, -0.1) is 0 Å². The van der Waals surface area contributed by atoms with Crippen LogP contribution in [-0.2, 0) is 4.74 Å². The van der Waals surface area contributed by atoms with Crippen molar-refractivity contribution in [2.45, 2.75) is 51.9 Å². The van der Waals surface area contributed by atoms with Crippen molar-refractivity contribution in [1.82, 2.24) is 0 Å². The summed E-state index contributed by atoms with van der Waals surface area (Å²) in [5.74, 6) is 1.78. The molecule has 1 aliphatic heterocycles. The van der Waals surface area contributed by atoms with Gasteiger partial charge in [0.15, 0.2) is 6.29 Å². The molecule has 0 amide bonds. The van der Waals surface area contributed by atoms with E-state index in [0.717, 1.165) is 39.9 Å². The van der Waals surface area contributed by atoms with E-state index >= 15 is 0 Å². The minimum Gasteiger partial charge on any atom is -0.488 e. The van der Waals surface area contributed by atoms with Crippen LogP contribution >= 0.6 is 31.9 Å². The van der Waals surface area contributed by atoms with Crippen LogP contribution in [0.15, 0.2) is 57.5 Å². The Balaban J connectivity index is 0.000000190. The van der Waals surface area contributed by atoms with Gasteiger partial charge in [0.05, 0.1) is 6.61 Å². The van der Waals surface area contributed by atoms with Crippen molar-refractivity contribution in [2.24, 2.45) is 0 Å². The number of benzene rings is 2. The maximum absolute atomic E-state index is 5.67. The maximum Gasteiger partial charge on any atom is 0.199 e. The lowest BCUT2D eigenvalue weighted by atomic mass is 10.2. The molecule has 0 spiro atoms. The summed E-state index contributed by atoms with van der Waals surface area (Å²) in [6.07, 6.45) is 3.29. The fourth-order valence-corrected chi connectivity index (χ4v) is 2.85. The van der Waals surface area contributed by atoms with Crippen LogP contribution in [0.25, 0.3) is 0 Å². The molecule has 2 aromatic rings. The zero-order valence-electron chi connectivity index (χ0n) is 15.5. The highest BCUT2D eigenvalue weighted by Gasteiger charge is 2.14. The monoisotopic (exact) mass is 484 g/mol. The summed E-state index contributed by atoms with van der Waals surface area (Å²) in [5, 5.41) is 0. The van der Waals surface area contributed by atoms with Crippen LogP contribution in [0.4, 0.5) is 0 Å². The Kier molecular flexibility index (Phi) is 8.45. The Morgan fingerprint density at radius 2 is 1.38 bits per heavy atom. The SMILES string of the molecule is Brc1ccc(OC2CCCCO2)cc1.CC(C)(C)Oc1ccc(Br)cc1. The average Bonchev–Trinajstić information content (AvgIpc) is 2.59. The molecule has 1 aliphatic rings. The summed E-state index contributed by atoms with van der Waals surface area (Å²) in [6.45, 7) is 6.93. The Labute approximate surface area is 173 Å². The Bertz CT molecular complexity index is 642. The Hall–Kier alpha value is -1.04. The molecule has 5 heteroatoms. The van der Waals surface area contributed by atoms with E-state index in [2.05, 4.69) is 31.9 Å². The standard InChI is InChI=1S/C11H13BrO2.C10H13BrO/c12-9-4-6-10(7-5-9)14-11-3-1-2-8-13-11;1-10(2,3)12-9-6-4-8(11)5-7-9/h4-7,11H,1-3,8H2;4-7H,1-3H3. The molecule has 0 aliphatic carbocycles. The van der Waals surface area contributed by atoms with Gasteiger partial charge in [-0.25, -0.2) is 0 Å². The normalized spacial score (nSPS) is 17.0. The first-order chi connectivity index (χ1) is 12.3. The van der Waals surface area contributed by atoms with Crippen molar-refractivity contribution >= 4 is 31.9 Å². The zero-order valence-corrected chi connectivity index (χ0v) is 18.7. The summed E-state index contributed by atoms with van der Waals surface area (Å²) < 4.78 is 18.9. The molecular formula is C21H26Br2O3. The van der Waals surface area contributed by atoms with Crippen LogP contribution in [0.5, 0.6) is 11.5 Å². The minimum atomic E-state index is -0.117. The molecule has 0 N–H and O–H groups in total. The lowest BCUT2D eigenvalue weighted by molar-refractivity contribution is -0.105. The van der Waals surface area contributed by atoms with Gasteiger partial charge >= 0.3 is 0 Å². The second-order valence-electron chi connectivity index (χ2n) is 7.04. The minimum absolute atomic E-state index is 0.0510. The first-order valence-corrected chi connectivity index (χ1v) is 10.4. The molecule has 1 heterocycles. The molecular weight excluding hydrogens is 460 g/mol. The van der Waals surface area contributed by atoms with E-state index in [0.29, 0.717) is 0 Å². The second-order valence-corrected chi connectivity index (χ2v) is 8.87. The highest BCUT2D eigenvalue weighted by molar-refractivity contribution is 9.10. The van der Waals surface area contributed by atoms with E-state index < -0.39 is 0 Å². The van der Waals surface area contributed by atoms with Crippen molar-refractivity contribution in [1.29, 1.82) is 0 Å². The van der Waals surface area contributed by atoms with E-state index in [-0.39, 0.29) is 11.9 Å². The first-order valence-electron chi connectivity index (χ1n) is 8.80. The molecule has 1 unspecified atom stereocenters.